The first kappa shape index (κ1) is 27.4. The predicted molar refractivity (Wildman–Crippen MR) is 165 cm³/mol. The Kier molecular flexibility index (Phi) is 8.08. The first-order valence-corrected chi connectivity index (χ1v) is 14.3. The number of piperazine rings is 1. The van der Waals surface area contributed by atoms with Gasteiger partial charge < -0.3 is 21.3 Å². The van der Waals surface area contributed by atoms with Crippen LogP contribution in [0, 0.1) is 11.8 Å². The molecule has 42 heavy (non-hydrogen) atoms. The lowest BCUT2D eigenvalue weighted by Crippen LogP contribution is -2.43. The molecule has 0 bridgehead atoms. The number of nitrogen functional groups attached to an aromatic ring is 1. The van der Waals surface area contributed by atoms with Crippen molar-refractivity contribution in [1.29, 1.82) is 0 Å². The lowest BCUT2D eigenvalue weighted by molar-refractivity contribution is 0.0950. The number of amides is 1. The van der Waals surface area contributed by atoms with E-state index in [0.29, 0.717) is 23.0 Å². The van der Waals surface area contributed by atoms with Crippen LogP contribution in [0.4, 0.5) is 17.5 Å². The van der Waals surface area contributed by atoms with Gasteiger partial charge >= 0.3 is 0 Å². The molecule has 2 fully saturated rings. The zero-order valence-electron chi connectivity index (χ0n) is 23.7. The maximum absolute atomic E-state index is 12.5. The Morgan fingerprint density at radius 2 is 1.74 bits per heavy atom. The van der Waals surface area contributed by atoms with Crippen molar-refractivity contribution in [3.8, 4) is 23.0 Å². The molecule has 1 aliphatic carbocycles. The Morgan fingerprint density at radius 3 is 2.45 bits per heavy atom. The highest BCUT2D eigenvalue weighted by Gasteiger charge is 2.24. The quantitative estimate of drug-likeness (QED) is 0.293. The average Bonchev–Trinajstić information content (AvgIpc) is 3.83. The predicted octanol–water partition coefficient (Wildman–Crippen LogP) is 3.90. The van der Waals surface area contributed by atoms with Crippen molar-refractivity contribution in [3.05, 3.63) is 95.4 Å². The zero-order chi connectivity index (χ0) is 28.9. The van der Waals surface area contributed by atoms with Gasteiger partial charge in [0, 0.05) is 68.0 Å². The van der Waals surface area contributed by atoms with Gasteiger partial charge in [-0.1, -0.05) is 30.2 Å². The van der Waals surface area contributed by atoms with Crippen LogP contribution in [0.1, 0.15) is 40.0 Å². The van der Waals surface area contributed by atoms with Crippen molar-refractivity contribution in [3.63, 3.8) is 0 Å². The molecule has 1 saturated carbocycles. The molecule has 9 nitrogen and oxygen atoms in total. The molecule has 6 rings (SSSR count). The van der Waals surface area contributed by atoms with Crippen molar-refractivity contribution >= 4 is 23.4 Å². The molecule has 0 spiro atoms. The SMILES string of the molecule is CN1CCN(Cc2ccc(-c3cnc(Nc4ccc(C#Cc5ncccc5C(=O)NC5CC5)cc4)nc3N)cc2)CC1. The molecule has 2 aromatic heterocycles. The van der Waals surface area contributed by atoms with Gasteiger partial charge in [-0.25, -0.2) is 9.97 Å². The minimum absolute atomic E-state index is 0.127. The maximum Gasteiger partial charge on any atom is 0.254 e. The third-order valence-electron chi connectivity index (χ3n) is 7.52. The number of aromatic nitrogens is 3. The smallest absolute Gasteiger partial charge is 0.254 e. The van der Waals surface area contributed by atoms with Gasteiger partial charge in [0.05, 0.1) is 5.56 Å². The second-order valence-corrected chi connectivity index (χ2v) is 10.9. The van der Waals surface area contributed by atoms with E-state index in [4.69, 9.17) is 5.73 Å². The molecule has 3 heterocycles. The van der Waals surface area contributed by atoms with Gasteiger partial charge in [0.1, 0.15) is 11.5 Å². The lowest BCUT2D eigenvalue weighted by Gasteiger charge is -2.32. The van der Waals surface area contributed by atoms with Gasteiger partial charge in [-0.05, 0) is 73.3 Å². The molecule has 1 amide bonds. The van der Waals surface area contributed by atoms with Crippen molar-refractivity contribution in [2.45, 2.75) is 25.4 Å². The summed E-state index contributed by atoms with van der Waals surface area (Å²) in [5, 5.41) is 6.20. The molecule has 4 N–H and O–H groups in total. The fraction of sp³-hybridized carbons (Fsp3) is 0.273. The number of rotatable bonds is 7. The minimum atomic E-state index is -0.127. The van der Waals surface area contributed by atoms with E-state index in [-0.39, 0.29) is 11.9 Å². The number of hydrogen-bond acceptors (Lipinski definition) is 8. The first-order chi connectivity index (χ1) is 20.5. The summed E-state index contributed by atoms with van der Waals surface area (Å²) >= 11 is 0. The van der Waals surface area contributed by atoms with E-state index < -0.39 is 0 Å². The summed E-state index contributed by atoms with van der Waals surface area (Å²) in [7, 11) is 2.17. The fourth-order valence-electron chi connectivity index (χ4n) is 4.81. The molecule has 0 unspecified atom stereocenters. The minimum Gasteiger partial charge on any atom is -0.383 e. The van der Waals surface area contributed by atoms with Crippen LogP contribution in [-0.2, 0) is 6.54 Å². The molecule has 0 atom stereocenters. The number of pyridine rings is 1. The van der Waals surface area contributed by atoms with Crippen molar-refractivity contribution in [1.82, 2.24) is 30.1 Å². The van der Waals surface area contributed by atoms with Crippen molar-refractivity contribution in [2.75, 3.05) is 44.3 Å². The summed E-state index contributed by atoms with van der Waals surface area (Å²) in [5.74, 6) is 6.85. The number of anilines is 3. The monoisotopic (exact) mass is 558 g/mol. The molecule has 1 saturated heterocycles. The third-order valence-corrected chi connectivity index (χ3v) is 7.52. The van der Waals surface area contributed by atoms with E-state index in [1.807, 2.05) is 24.3 Å². The number of hydrogen-bond donors (Lipinski definition) is 3. The molecular formula is C33H34N8O. The molecule has 1 aliphatic heterocycles. The number of benzene rings is 2. The Labute approximate surface area is 246 Å². The van der Waals surface area contributed by atoms with Crippen LogP contribution in [0.2, 0.25) is 0 Å². The highest BCUT2D eigenvalue weighted by atomic mass is 16.1. The summed E-state index contributed by atoms with van der Waals surface area (Å²) in [4.78, 5) is 30.6. The third kappa shape index (κ3) is 6.92. The van der Waals surface area contributed by atoms with Gasteiger partial charge in [-0.15, -0.1) is 0 Å². The highest BCUT2D eigenvalue weighted by molar-refractivity contribution is 5.96. The summed E-state index contributed by atoms with van der Waals surface area (Å²) in [6.45, 7) is 5.36. The van der Waals surface area contributed by atoms with Gasteiger partial charge in [-0.3, -0.25) is 9.69 Å². The number of carbonyl (C=O) groups is 1. The van der Waals surface area contributed by atoms with Gasteiger partial charge in [0.15, 0.2) is 0 Å². The van der Waals surface area contributed by atoms with E-state index in [9.17, 15) is 4.79 Å². The van der Waals surface area contributed by atoms with E-state index in [1.54, 1.807) is 24.5 Å². The van der Waals surface area contributed by atoms with E-state index in [0.717, 1.165) is 67.9 Å². The number of likely N-dealkylation sites (N-methyl/N-ethyl adjacent to an activating group) is 1. The number of nitrogens with zero attached hydrogens (tertiary/aromatic N) is 5. The number of carbonyl (C=O) groups excluding carboxylic acids is 1. The number of nitrogens with two attached hydrogens (primary N) is 1. The normalized spacial score (nSPS) is 15.5. The molecule has 4 aromatic rings. The second kappa shape index (κ2) is 12.4. The zero-order valence-corrected chi connectivity index (χ0v) is 23.7. The first-order valence-electron chi connectivity index (χ1n) is 14.3. The second-order valence-electron chi connectivity index (χ2n) is 10.9. The summed E-state index contributed by atoms with van der Waals surface area (Å²) in [6, 6.07) is 19.8. The van der Waals surface area contributed by atoms with Crippen LogP contribution in [0.25, 0.3) is 11.1 Å². The molecule has 212 valence electrons. The molecule has 2 aliphatic rings. The van der Waals surface area contributed by atoms with Gasteiger partial charge in [0.25, 0.3) is 5.91 Å². The Bertz CT molecular complexity index is 1610. The van der Waals surface area contributed by atoms with Crippen LogP contribution in [0.15, 0.2) is 73.1 Å². The molecule has 2 aromatic carbocycles. The van der Waals surface area contributed by atoms with Crippen LogP contribution in [0.5, 0.6) is 0 Å². The van der Waals surface area contributed by atoms with Crippen LogP contribution in [0.3, 0.4) is 0 Å². The standard InChI is InChI=1S/C33H34N8O/c1-40-17-19-41(20-18-40)22-24-4-9-25(10-5-24)29-21-36-33(39-31(29)34)38-27-11-6-23(7-12-27)8-15-30-28(3-2-16-35-30)32(42)37-26-13-14-26/h2-7,9-12,16,21,26H,13-14,17-20,22H2,1H3,(H,37,42)(H3,34,36,38,39). The van der Waals surface area contributed by atoms with Crippen LogP contribution in [-0.4, -0.2) is 69.9 Å². The van der Waals surface area contributed by atoms with Gasteiger partial charge in [0.2, 0.25) is 5.95 Å². The Hall–Kier alpha value is -4.78. The fourth-order valence-corrected chi connectivity index (χ4v) is 4.81. The number of nitrogens with one attached hydrogen (secondary N) is 2. The lowest BCUT2D eigenvalue weighted by atomic mass is 10.1. The molecular weight excluding hydrogens is 524 g/mol. The Morgan fingerprint density at radius 1 is 0.976 bits per heavy atom. The van der Waals surface area contributed by atoms with E-state index in [2.05, 4.69) is 78.5 Å². The topological polar surface area (TPSA) is 112 Å². The van der Waals surface area contributed by atoms with Crippen LogP contribution >= 0.6 is 0 Å². The summed E-state index contributed by atoms with van der Waals surface area (Å²) in [6.07, 6.45) is 5.46. The summed E-state index contributed by atoms with van der Waals surface area (Å²) < 4.78 is 0. The average molecular weight is 559 g/mol. The van der Waals surface area contributed by atoms with E-state index in [1.165, 1.54) is 5.56 Å². The van der Waals surface area contributed by atoms with Crippen molar-refractivity contribution in [2.24, 2.45) is 0 Å². The Balaban J connectivity index is 1.08. The molecule has 0 radical (unpaired) electrons. The van der Waals surface area contributed by atoms with Gasteiger partial charge in [-0.2, -0.15) is 4.98 Å². The van der Waals surface area contributed by atoms with Crippen LogP contribution < -0.4 is 16.4 Å². The van der Waals surface area contributed by atoms with E-state index >= 15 is 0 Å². The highest BCUT2D eigenvalue weighted by Crippen LogP contribution is 2.26. The molecule has 9 heteroatoms. The maximum atomic E-state index is 12.5. The van der Waals surface area contributed by atoms with Crippen molar-refractivity contribution < 1.29 is 4.79 Å². The summed E-state index contributed by atoms with van der Waals surface area (Å²) in [5.41, 5.74) is 12.0. The largest absolute Gasteiger partial charge is 0.383 e.